The predicted octanol–water partition coefficient (Wildman–Crippen LogP) is 28.7. The molecule has 2 aliphatic heterocycles. The molecule has 0 saturated heterocycles. The highest BCUT2D eigenvalue weighted by Crippen LogP contribution is 2.55. The Hall–Kier alpha value is -14.4. The van der Waals surface area contributed by atoms with Gasteiger partial charge >= 0.3 is 0 Å². The molecule has 7 heteroatoms. The van der Waals surface area contributed by atoms with E-state index < -0.39 is 5.41 Å². The second kappa shape index (κ2) is 27.1. The van der Waals surface area contributed by atoms with Crippen LogP contribution in [0.1, 0.15) is 79.0 Å². The van der Waals surface area contributed by atoms with Crippen molar-refractivity contribution in [3.05, 3.63) is 393 Å². The minimum Gasteiger partial charge on any atom is -0.309 e. The van der Waals surface area contributed by atoms with Crippen molar-refractivity contribution in [2.75, 3.05) is 9.80 Å². The molecule has 121 heavy (non-hydrogen) atoms. The number of fused-ring (bicyclic) bond motifs is 16. The molecule has 0 atom stereocenters. The maximum absolute atomic E-state index is 2.75. The van der Waals surface area contributed by atoms with Crippen molar-refractivity contribution in [3.8, 4) is 67.3 Å². The Labute approximate surface area is 706 Å². The monoisotopic (exact) mass is 1550 g/mol. The fraction of sp³-hybridized carbons (Fsp3) is 0.105. The summed E-state index contributed by atoms with van der Waals surface area (Å²) in [4.78, 5) is 5.50. The third-order valence-electron chi connectivity index (χ3n) is 26.1. The van der Waals surface area contributed by atoms with Crippen molar-refractivity contribution >= 4 is 144 Å². The first-order chi connectivity index (χ1) is 58.9. The maximum Gasteiger partial charge on any atom is 0.252 e. The SMILES string of the molecule is CC(C)(C)c1cc2c3c(c1)N(c1cc(-c4ccccc4)cc4c5cc(C(C)(C)C)ccc5n(-c5cccc(-c6ccccc6)c5)c14)c1cc(-n4c5ccccc5c5ccccc54)ccc1B3c1ccc(-n3c4ccccc4c4ccccc43)cc1N2c1cc(-c2ccccc2)cc2c3cc(C(C)(C)C)ccc3n(-c3cccc(-c4ccccc4)c3)c12. The number of benzene rings is 17. The molecule has 4 aromatic heterocycles. The van der Waals surface area contributed by atoms with Gasteiger partial charge in [-0.05, 0) is 227 Å². The van der Waals surface area contributed by atoms with E-state index in [1.165, 1.54) is 87.3 Å². The predicted molar refractivity (Wildman–Crippen MR) is 516 cm³/mol. The summed E-state index contributed by atoms with van der Waals surface area (Å²) in [6, 6.07) is 143. The molecular weight excluding hydrogens is 1460 g/mol. The summed E-state index contributed by atoms with van der Waals surface area (Å²) in [6.45, 7) is 21.0. The number of nitrogens with zero attached hydrogens (tertiary/aromatic N) is 6. The largest absolute Gasteiger partial charge is 0.309 e. The summed E-state index contributed by atoms with van der Waals surface area (Å²) >= 11 is 0. The van der Waals surface area contributed by atoms with E-state index in [1.54, 1.807) is 0 Å². The van der Waals surface area contributed by atoms with Gasteiger partial charge in [-0.15, -0.1) is 0 Å². The van der Waals surface area contributed by atoms with Crippen LogP contribution in [0, 0.1) is 0 Å². The van der Waals surface area contributed by atoms with Gasteiger partial charge in [-0.2, -0.15) is 0 Å². The topological polar surface area (TPSA) is 26.2 Å². The van der Waals surface area contributed by atoms with Crippen LogP contribution in [0.5, 0.6) is 0 Å². The molecule has 0 saturated carbocycles. The molecule has 578 valence electrons. The average Bonchev–Trinajstić information content (AvgIpc) is 1.49. The smallest absolute Gasteiger partial charge is 0.252 e. The molecule has 0 radical (unpaired) electrons. The van der Waals surface area contributed by atoms with Crippen LogP contribution in [0.4, 0.5) is 34.1 Å². The molecule has 2 aliphatic rings. The highest BCUT2D eigenvalue weighted by Gasteiger charge is 2.46. The van der Waals surface area contributed by atoms with Gasteiger partial charge in [-0.1, -0.05) is 305 Å². The standard InChI is InChI=1S/C114H89BN6/c1-112(2,3)80-52-58-101-91(66-80)93-62-78(74-36-18-12-19-37-74)64-107(110(93)118(101)83-42-30-40-76(60-83)72-32-14-10-15-33-72)120-103-70-85(116-97-48-26-22-44-87(97)88-45-23-27-49-98(88)116)54-56-95(103)115-96-57-55-86(117-99-50-28-24-46-89(99)90-47-25-29-51-100(90)117)71-104(96)121(106-69-82(114(7,8)9)68-105(120)109(106)115)108-65-79(75-38-20-13-21-39-75)63-94-92-67-81(113(4,5)6)53-59-102(92)119(111(94)108)84-43-31-41-77(61-84)73-34-16-11-17-35-73/h10-71H,1-9H3. The molecule has 0 N–H and O–H groups in total. The van der Waals surface area contributed by atoms with Crippen LogP contribution in [-0.4, -0.2) is 25.0 Å². The third kappa shape index (κ3) is 11.4. The second-order valence-corrected chi connectivity index (χ2v) is 36.5. The van der Waals surface area contributed by atoms with Crippen molar-refractivity contribution in [1.29, 1.82) is 0 Å². The zero-order chi connectivity index (χ0) is 81.5. The lowest BCUT2D eigenvalue weighted by Gasteiger charge is -2.45. The number of anilines is 6. The van der Waals surface area contributed by atoms with Gasteiger partial charge in [0.25, 0.3) is 6.71 Å². The summed E-state index contributed by atoms with van der Waals surface area (Å²) in [5, 5.41) is 9.62. The zero-order valence-corrected chi connectivity index (χ0v) is 69.6. The van der Waals surface area contributed by atoms with Crippen LogP contribution in [0.15, 0.2) is 376 Å². The molecule has 0 unspecified atom stereocenters. The molecule has 0 spiro atoms. The lowest BCUT2D eigenvalue weighted by molar-refractivity contribution is 0.590. The van der Waals surface area contributed by atoms with Crippen molar-refractivity contribution in [2.24, 2.45) is 0 Å². The van der Waals surface area contributed by atoms with E-state index in [2.05, 4.69) is 466 Å². The Morgan fingerprint density at radius 2 is 0.504 bits per heavy atom. The zero-order valence-electron chi connectivity index (χ0n) is 69.6. The van der Waals surface area contributed by atoms with Crippen molar-refractivity contribution < 1.29 is 0 Å². The molecule has 0 fully saturated rings. The fourth-order valence-electron chi connectivity index (χ4n) is 20.2. The number of para-hydroxylation sites is 4. The highest BCUT2D eigenvalue weighted by molar-refractivity contribution is 7.00. The Bertz CT molecular complexity index is 7270. The van der Waals surface area contributed by atoms with Gasteiger partial charge in [0.2, 0.25) is 0 Å². The fourth-order valence-corrected chi connectivity index (χ4v) is 20.2. The van der Waals surface area contributed by atoms with E-state index in [0.717, 1.165) is 134 Å². The number of hydrogen-bond acceptors (Lipinski definition) is 2. The Morgan fingerprint density at radius 3 is 0.860 bits per heavy atom. The minimum atomic E-state index is -0.400. The van der Waals surface area contributed by atoms with Crippen molar-refractivity contribution in [1.82, 2.24) is 18.3 Å². The summed E-state index contributed by atoms with van der Waals surface area (Å²) in [6.07, 6.45) is 0. The van der Waals surface area contributed by atoms with Gasteiger partial charge in [-0.3, -0.25) is 0 Å². The van der Waals surface area contributed by atoms with E-state index in [9.17, 15) is 0 Å². The first kappa shape index (κ1) is 71.9. The molecule has 0 bridgehead atoms. The molecule has 6 heterocycles. The van der Waals surface area contributed by atoms with Crippen LogP contribution in [0.3, 0.4) is 0 Å². The van der Waals surface area contributed by atoms with Crippen molar-refractivity contribution in [2.45, 2.75) is 78.6 Å². The molecule has 6 nitrogen and oxygen atoms in total. The van der Waals surface area contributed by atoms with Crippen LogP contribution >= 0.6 is 0 Å². The molecule has 0 aliphatic carbocycles. The Kier molecular flexibility index (Phi) is 16.1. The average molecular weight is 1550 g/mol. The second-order valence-electron chi connectivity index (χ2n) is 36.5. The normalized spacial score (nSPS) is 13.0. The molecule has 23 rings (SSSR count). The first-order valence-electron chi connectivity index (χ1n) is 42.7. The van der Waals surface area contributed by atoms with Crippen LogP contribution < -0.4 is 26.2 Å². The maximum atomic E-state index is 2.75. The van der Waals surface area contributed by atoms with Crippen LogP contribution in [0.25, 0.3) is 154 Å². The van der Waals surface area contributed by atoms with Crippen LogP contribution in [-0.2, 0) is 16.2 Å². The summed E-state index contributed by atoms with van der Waals surface area (Å²) < 4.78 is 10.3. The number of rotatable bonds is 10. The van der Waals surface area contributed by atoms with E-state index in [-0.39, 0.29) is 17.5 Å². The molecule has 17 aromatic carbocycles. The van der Waals surface area contributed by atoms with Gasteiger partial charge in [0.15, 0.2) is 0 Å². The summed E-state index contributed by atoms with van der Waals surface area (Å²) in [5.74, 6) is 0. The minimum absolute atomic E-state index is 0.152. The van der Waals surface area contributed by atoms with Gasteiger partial charge in [0, 0.05) is 88.6 Å². The highest BCUT2D eigenvalue weighted by atomic mass is 15.2. The van der Waals surface area contributed by atoms with E-state index >= 15 is 0 Å². The van der Waals surface area contributed by atoms with Gasteiger partial charge in [-0.25, -0.2) is 0 Å². The molecule has 21 aromatic rings. The lowest BCUT2D eigenvalue weighted by atomic mass is 9.33. The quantitative estimate of drug-likeness (QED) is 0.128. The van der Waals surface area contributed by atoms with Gasteiger partial charge in [0.05, 0.1) is 55.5 Å². The lowest BCUT2D eigenvalue weighted by Crippen LogP contribution is -2.61. The van der Waals surface area contributed by atoms with Crippen molar-refractivity contribution in [3.63, 3.8) is 0 Å². The number of hydrogen-bond donors (Lipinski definition) is 0. The first-order valence-corrected chi connectivity index (χ1v) is 42.7. The number of aromatic nitrogens is 4. The third-order valence-corrected chi connectivity index (χ3v) is 26.1. The van der Waals surface area contributed by atoms with Gasteiger partial charge < -0.3 is 28.1 Å². The molecular formula is C114H89BN6. The van der Waals surface area contributed by atoms with Gasteiger partial charge in [0.1, 0.15) is 0 Å². The van der Waals surface area contributed by atoms with E-state index in [0.29, 0.717) is 0 Å². The summed E-state index contributed by atoms with van der Waals surface area (Å²) in [5.41, 5.74) is 36.0. The Balaban J connectivity index is 0.911. The van der Waals surface area contributed by atoms with E-state index in [4.69, 9.17) is 0 Å². The Morgan fingerprint density at radius 1 is 0.190 bits per heavy atom. The summed E-state index contributed by atoms with van der Waals surface area (Å²) in [7, 11) is 0. The molecule has 0 amide bonds. The van der Waals surface area contributed by atoms with E-state index in [1.807, 2.05) is 0 Å². The van der Waals surface area contributed by atoms with Crippen LogP contribution in [0.2, 0.25) is 0 Å².